The molecule has 0 bridgehead atoms. The van der Waals surface area contributed by atoms with Crippen LogP contribution in [0.15, 0.2) is 0 Å². The normalized spacial score (nSPS) is 26.7. The van der Waals surface area contributed by atoms with Crippen molar-refractivity contribution in [3.05, 3.63) is 16.7 Å². The Morgan fingerprint density at radius 3 is 2.75 bits per heavy atom. The van der Waals surface area contributed by atoms with Crippen LogP contribution in [0.1, 0.15) is 57.5 Å². The first-order valence-electron chi connectivity index (χ1n) is 9.34. The summed E-state index contributed by atoms with van der Waals surface area (Å²) in [7, 11) is 0. The maximum Gasteiger partial charge on any atom is 0.151 e. The number of unbranched alkanes of at least 4 members (excludes halogenated alkanes) is 1. The lowest BCUT2D eigenvalue weighted by molar-refractivity contribution is -0.209. The number of aliphatic hydroxyl groups is 1. The molecule has 2 heterocycles. The van der Waals surface area contributed by atoms with Gasteiger partial charge < -0.3 is 14.8 Å². The van der Waals surface area contributed by atoms with Crippen molar-refractivity contribution >= 4 is 11.6 Å². The minimum atomic E-state index is -0.201. The van der Waals surface area contributed by atoms with E-state index in [4.69, 9.17) is 16.3 Å². The first-order valence-corrected chi connectivity index (χ1v) is 9.72. The van der Waals surface area contributed by atoms with Crippen LogP contribution in [0.2, 0.25) is 5.15 Å². The highest BCUT2D eigenvalue weighted by molar-refractivity contribution is 6.30. The maximum absolute atomic E-state index is 10.3. The summed E-state index contributed by atoms with van der Waals surface area (Å²) in [6.07, 6.45) is 6.06. The minimum absolute atomic E-state index is 0.0173. The molecule has 1 saturated heterocycles. The van der Waals surface area contributed by atoms with E-state index in [9.17, 15) is 5.11 Å². The van der Waals surface area contributed by atoms with Gasteiger partial charge in [-0.3, -0.25) is 4.90 Å². The number of H-pyrrole nitrogens is 1. The van der Waals surface area contributed by atoms with E-state index < -0.39 is 0 Å². The highest BCUT2D eigenvalue weighted by Gasteiger charge is 2.55. The van der Waals surface area contributed by atoms with Gasteiger partial charge >= 0.3 is 0 Å². The van der Waals surface area contributed by atoms with Crippen molar-refractivity contribution < 1.29 is 9.84 Å². The molecule has 1 spiro atoms. The summed E-state index contributed by atoms with van der Waals surface area (Å²) in [5, 5.41) is 10.9. The molecular formula is C18H30ClN3O2. The molecule has 0 amide bonds. The van der Waals surface area contributed by atoms with Gasteiger partial charge in [-0.1, -0.05) is 24.9 Å². The van der Waals surface area contributed by atoms with Crippen molar-refractivity contribution in [3.8, 4) is 0 Å². The summed E-state index contributed by atoms with van der Waals surface area (Å²) >= 11 is 6.30. The van der Waals surface area contributed by atoms with Crippen molar-refractivity contribution in [3.63, 3.8) is 0 Å². The quantitative estimate of drug-likeness (QED) is 0.788. The van der Waals surface area contributed by atoms with Crippen molar-refractivity contribution in [1.82, 2.24) is 14.9 Å². The number of hydrogen-bond acceptors (Lipinski definition) is 4. The van der Waals surface area contributed by atoms with Gasteiger partial charge in [0.25, 0.3) is 0 Å². The molecule has 0 aromatic carbocycles. The van der Waals surface area contributed by atoms with Crippen LogP contribution < -0.4 is 0 Å². The molecule has 2 N–H and O–H groups in total. The zero-order valence-electron chi connectivity index (χ0n) is 14.9. The molecule has 2 aliphatic rings. The number of piperidine rings is 1. The second-order valence-corrected chi connectivity index (χ2v) is 7.62. The van der Waals surface area contributed by atoms with E-state index in [0.29, 0.717) is 5.15 Å². The molecule has 3 rings (SSSR count). The average molecular weight is 356 g/mol. The Morgan fingerprint density at radius 2 is 2.12 bits per heavy atom. The zero-order valence-corrected chi connectivity index (χ0v) is 15.6. The fourth-order valence-electron chi connectivity index (χ4n) is 4.17. The number of aromatic amines is 1. The van der Waals surface area contributed by atoms with Crippen LogP contribution in [-0.4, -0.2) is 51.9 Å². The molecule has 1 aliphatic heterocycles. The average Bonchev–Trinajstić information content (AvgIpc) is 2.93. The number of imidazole rings is 1. The molecule has 136 valence electrons. The fourth-order valence-corrected chi connectivity index (χ4v) is 4.38. The zero-order chi connectivity index (χ0) is 17.2. The number of aryl methyl sites for hydroxylation is 1. The molecule has 2 atom stereocenters. The number of aliphatic hydroxyl groups excluding tert-OH is 1. The number of likely N-dealkylation sites (tertiary alicyclic amines) is 1. The molecule has 2 fully saturated rings. The minimum Gasteiger partial charge on any atom is -0.392 e. The van der Waals surface area contributed by atoms with Gasteiger partial charge in [0, 0.05) is 31.4 Å². The molecule has 1 aromatic heterocycles. The lowest BCUT2D eigenvalue weighted by Gasteiger charge is -2.56. The van der Waals surface area contributed by atoms with E-state index >= 15 is 0 Å². The van der Waals surface area contributed by atoms with Gasteiger partial charge in [0.1, 0.15) is 5.82 Å². The SMILES string of the molecule is CCCCc1nc(Cl)c(CN2CCC3(CC2)[C@H](O)C[C@@H]3OCC)[nH]1. The Labute approximate surface area is 149 Å². The topological polar surface area (TPSA) is 61.4 Å². The fraction of sp³-hybridized carbons (Fsp3) is 0.833. The van der Waals surface area contributed by atoms with Crippen LogP contribution >= 0.6 is 11.6 Å². The van der Waals surface area contributed by atoms with Crippen LogP contribution in [-0.2, 0) is 17.7 Å². The highest BCUT2D eigenvalue weighted by Crippen LogP contribution is 2.51. The number of nitrogens with one attached hydrogen (secondary N) is 1. The third-order valence-electron chi connectivity index (χ3n) is 5.82. The van der Waals surface area contributed by atoms with E-state index in [1.807, 2.05) is 6.92 Å². The number of rotatable bonds is 7. The highest BCUT2D eigenvalue weighted by atomic mass is 35.5. The number of aromatic nitrogens is 2. The van der Waals surface area contributed by atoms with E-state index in [1.54, 1.807) is 0 Å². The van der Waals surface area contributed by atoms with Crippen LogP contribution in [0.4, 0.5) is 0 Å². The molecule has 6 heteroatoms. The van der Waals surface area contributed by atoms with Gasteiger partial charge in [-0.05, 0) is 39.3 Å². The van der Waals surface area contributed by atoms with Crippen LogP contribution in [0, 0.1) is 5.41 Å². The van der Waals surface area contributed by atoms with Crippen LogP contribution in [0.25, 0.3) is 0 Å². The maximum atomic E-state index is 10.3. The van der Waals surface area contributed by atoms with E-state index in [1.165, 1.54) is 0 Å². The van der Waals surface area contributed by atoms with Crippen LogP contribution in [0.3, 0.4) is 0 Å². The molecular weight excluding hydrogens is 326 g/mol. The third-order valence-corrected chi connectivity index (χ3v) is 6.14. The summed E-state index contributed by atoms with van der Waals surface area (Å²) in [4.78, 5) is 10.2. The predicted octanol–water partition coefficient (Wildman–Crippen LogP) is 3.16. The Hall–Kier alpha value is -0.620. The molecule has 0 unspecified atom stereocenters. The first kappa shape index (κ1) is 18.2. The Kier molecular flexibility index (Phi) is 5.85. The van der Waals surface area contributed by atoms with Crippen LogP contribution in [0.5, 0.6) is 0 Å². The lowest BCUT2D eigenvalue weighted by atomic mass is 9.58. The molecule has 5 nitrogen and oxygen atoms in total. The van der Waals surface area contributed by atoms with Gasteiger partial charge in [0.15, 0.2) is 5.15 Å². The van der Waals surface area contributed by atoms with E-state index in [2.05, 4.69) is 21.8 Å². The first-order chi connectivity index (χ1) is 11.6. The van der Waals surface area contributed by atoms with Gasteiger partial charge in [-0.15, -0.1) is 0 Å². The summed E-state index contributed by atoms with van der Waals surface area (Å²) in [5.74, 6) is 0.996. The van der Waals surface area contributed by atoms with Crippen molar-refractivity contribution in [1.29, 1.82) is 0 Å². The summed E-state index contributed by atoms with van der Waals surface area (Å²) < 4.78 is 5.84. The third kappa shape index (κ3) is 3.50. The second-order valence-electron chi connectivity index (χ2n) is 7.26. The molecule has 1 saturated carbocycles. The van der Waals surface area contributed by atoms with E-state index in [0.717, 1.165) is 76.3 Å². The number of ether oxygens (including phenoxy) is 1. The lowest BCUT2D eigenvalue weighted by Crippen LogP contribution is -2.62. The van der Waals surface area contributed by atoms with Gasteiger partial charge in [-0.2, -0.15) is 0 Å². The smallest absolute Gasteiger partial charge is 0.151 e. The standard InChI is InChI=1S/C18H30ClN3O2/c1-3-5-6-16-20-13(17(19)21-16)12-22-9-7-18(8-10-22)14(23)11-15(18)24-4-2/h14-15,23H,3-12H2,1-2H3,(H,20,21)/t14-,15+/m1/s1. The number of hydrogen-bond donors (Lipinski definition) is 2. The second kappa shape index (κ2) is 7.73. The summed E-state index contributed by atoms with van der Waals surface area (Å²) in [5.41, 5.74) is 1.01. The number of halogens is 1. The largest absolute Gasteiger partial charge is 0.392 e. The predicted molar refractivity (Wildman–Crippen MR) is 95.2 cm³/mol. The molecule has 1 aromatic rings. The Bertz CT molecular complexity index is 538. The summed E-state index contributed by atoms with van der Waals surface area (Å²) in [6, 6.07) is 0. The Balaban J connectivity index is 1.55. The molecule has 0 radical (unpaired) electrons. The monoisotopic (exact) mass is 355 g/mol. The van der Waals surface area contributed by atoms with Gasteiger partial charge in [0.2, 0.25) is 0 Å². The molecule has 24 heavy (non-hydrogen) atoms. The van der Waals surface area contributed by atoms with Gasteiger partial charge in [0.05, 0.1) is 17.9 Å². The molecule has 1 aliphatic carbocycles. The van der Waals surface area contributed by atoms with Crippen molar-refractivity contribution in [2.45, 2.75) is 71.1 Å². The number of nitrogens with zero attached hydrogens (tertiary/aromatic N) is 2. The van der Waals surface area contributed by atoms with Crippen molar-refractivity contribution in [2.24, 2.45) is 5.41 Å². The van der Waals surface area contributed by atoms with Gasteiger partial charge in [-0.25, -0.2) is 4.98 Å². The Morgan fingerprint density at radius 1 is 1.38 bits per heavy atom. The summed E-state index contributed by atoms with van der Waals surface area (Å²) in [6.45, 7) is 7.69. The van der Waals surface area contributed by atoms with Crippen molar-refractivity contribution in [2.75, 3.05) is 19.7 Å². The van der Waals surface area contributed by atoms with E-state index in [-0.39, 0.29) is 17.6 Å².